The number of methoxy groups -OCH3 is 1. The topological polar surface area (TPSA) is 77.2 Å². The number of aryl methyl sites for hydroxylation is 2. The molecule has 1 heterocycles. The van der Waals surface area contributed by atoms with Gasteiger partial charge in [-0.25, -0.2) is 4.98 Å². The number of carbonyl (C=O) groups excluding carboxylic acids is 1. The quantitative estimate of drug-likeness (QED) is 0.841. The first kappa shape index (κ1) is 13.9. The number of hydrogen-bond donors (Lipinski definition) is 2. The second-order valence-corrected chi connectivity index (χ2v) is 4.54. The SMILES string of the molecule is COc1ncccc1C(=O)Nc1c(C)cc(N)cc1C. The molecule has 0 radical (unpaired) electrons. The lowest BCUT2D eigenvalue weighted by Gasteiger charge is -2.13. The smallest absolute Gasteiger partial charge is 0.261 e. The summed E-state index contributed by atoms with van der Waals surface area (Å²) in [6.07, 6.45) is 1.58. The fraction of sp³-hybridized carbons (Fsp3) is 0.200. The van der Waals surface area contributed by atoms with E-state index < -0.39 is 0 Å². The minimum Gasteiger partial charge on any atom is -0.480 e. The van der Waals surface area contributed by atoms with Crippen molar-refractivity contribution in [3.05, 3.63) is 47.2 Å². The van der Waals surface area contributed by atoms with Crippen LogP contribution < -0.4 is 15.8 Å². The summed E-state index contributed by atoms with van der Waals surface area (Å²) in [5.41, 5.74) is 9.44. The lowest BCUT2D eigenvalue weighted by atomic mass is 10.1. The highest BCUT2D eigenvalue weighted by Crippen LogP contribution is 2.25. The number of pyridine rings is 1. The summed E-state index contributed by atoms with van der Waals surface area (Å²) in [5, 5.41) is 2.88. The van der Waals surface area contributed by atoms with Gasteiger partial charge in [-0.15, -0.1) is 0 Å². The molecule has 0 aliphatic heterocycles. The van der Waals surface area contributed by atoms with Crippen molar-refractivity contribution in [3.8, 4) is 5.88 Å². The second kappa shape index (κ2) is 5.61. The zero-order valence-electron chi connectivity index (χ0n) is 11.7. The van der Waals surface area contributed by atoms with Crippen LogP contribution in [0.3, 0.4) is 0 Å². The molecule has 104 valence electrons. The van der Waals surface area contributed by atoms with E-state index in [4.69, 9.17) is 10.5 Å². The standard InChI is InChI=1S/C15H17N3O2/c1-9-7-11(16)8-10(2)13(9)18-14(19)12-5-4-6-17-15(12)20-3/h4-8H,16H2,1-3H3,(H,18,19). The molecule has 1 amide bonds. The zero-order valence-corrected chi connectivity index (χ0v) is 11.7. The Morgan fingerprint density at radius 2 is 1.95 bits per heavy atom. The Morgan fingerprint density at radius 1 is 1.30 bits per heavy atom. The molecule has 20 heavy (non-hydrogen) atoms. The number of nitrogens with zero attached hydrogens (tertiary/aromatic N) is 1. The summed E-state index contributed by atoms with van der Waals surface area (Å²) < 4.78 is 5.09. The number of ether oxygens (including phenoxy) is 1. The Hall–Kier alpha value is -2.56. The van der Waals surface area contributed by atoms with Crippen LogP contribution in [0.1, 0.15) is 21.5 Å². The first-order chi connectivity index (χ1) is 9.52. The Balaban J connectivity index is 2.33. The number of nitrogen functional groups attached to an aromatic ring is 1. The van der Waals surface area contributed by atoms with Crippen molar-refractivity contribution in [2.45, 2.75) is 13.8 Å². The average Bonchev–Trinajstić information content (AvgIpc) is 2.42. The highest BCUT2D eigenvalue weighted by atomic mass is 16.5. The maximum Gasteiger partial charge on any atom is 0.261 e. The van der Waals surface area contributed by atoms with Crippen LogP contribution in [0.4, 0.5) is 11.4 Å². The van der Waals surface area contributed by atoms with E-state index in [9.17, 15) is 4.79 Å². The van der Waals surface area contributed by atoms with Crippen LogP contribution >= 0.6 is 0 Å². The van der Waals surface area contributed by atoms with E-state index in [1.165, 1.54) is 7.11 Å². The molecule has 0 fully saturated rings. The summed E-state index contributed by atoms with van der Waals surface area (Å²) in [5.74, 6) is 0.0432. The minimum absolute atomic E-state index is 0.258. The molecule has 5 heteroatoms. The van der Waals surface area contributed by atoms with Crippen LogP contribution in [0.2, 0.25) is 0 Å². The number of aromatic nitrogens is 1. The van der Waals surface area contributed by atoms with Crippen LogP contribution in [0.25, 0.3) is 0 Å². The normalized spacial score (nSPS) is 10.2. The summed E-state index contributed by atoms with van der Waals surface area (Å²) in [7, 11) is 1.48. The van der Waals surface area contributed by atoms with Crippen molar-refractivity contribution in [3.63, 3.8) is 0 Å². The van der Waals surface area contributed by atoms with Gasteiger partial charge in [-0.3, -0.25) is 4.79 Å². The van der Waals surface area contributed by atoms with Crippen molar-refractivity contribution < 1.29 is 9.53 Å². The van der Waals surface area contributed by atoms with Gasteiger partial charge in [-0.1, -0.05) is 0 Å². The van der Waals surface area contributed by atoms with Crippen LogP contribution in [0.5, 0.6) is 5.88 Å². The third-order valence-corrected chi connectivity index (χ3v) is 3.00. The summed E-state index contributed by atoms with van der Waals surface area (Å²) in [6, 6.07) is 7.01. The van der Waals surface area contributed by atoms with E-state index >= 15 is 0 Å². The molecule has 0 aliphatic rings. The van der Waals surface area contributed by atoms with Gasteiger partial charge in [0.05, 0.1) is 7.11 Å². The van der Waals surface area contributed by atoms with E-state index in [1.807, 2.05) is 26.0 Å². The van der Waals surface area contributed by atoms with Gasteiger partial charge in [0.25, 0.3) is 5.91 Å². The first-order valence-electron chi connectivity index (χ1n) is 6.20. The van der Waals surface area contributed by atoms with Gasteiger partial charge in [0.15, 0.2) is 0 Å². The number of benzene rings is 1. The van der Waals surface area contributed by atoms with E-state index in [1.54, 1.807) is 18.3 Å². The summed E-state index contributed by atoms with van der Waals surface area (Å²) >= 11 is 0. The number of nitrogens with two attached hydrogens (primary N) is 1. The van der Waals surface area contributed by atoms with Crippen molar-refractivity contribution in [2.24, 2.45) is 0 Å². The maximum atomic E-state index is 12.3. The van der Waals surface area contributed by atoms with Crippen molar-refractivity contribution in [2.75, 3.05) is 18.2 Å². The van der Waals surface area contributed by atoms with Gasteiger partial charge >= 0.3 is 0 Å². The first-order valence-corrected chi connectivity index (χ1v) is 6.20. The number of amides is 1. The number of nitrogens with one attached hydrogen (secondary N) is 1. The zero-order chi connectivity index (χ0) is 14.7. The summed E-state index contributed by atoms with van der Waals surface area (Å²) in [4.78, 5) is 16.3. The molecule has 1 aromatic heterocycles. The molecular formula is C15H17N3O2. The molecule has 5 nitrogen and oxygen atoms in total. The van der Waals surface area contributed by atoms with Gasteiger partial charge in [0.2, 0.25) is 5.88 Å². The molecule has 0 aliphatic carbocycles. The largest absolute Gasteiger partial charge is 0.480 e. The monoisotopic (exact) mass is 271 g/mol. The fourth-order valence-corrected chi connectivity index (χ4v) is 2.10. The van der Waals surface area contributed by atoms with Crippen molar-refractivity contribution >= 4 is 17.3 Å². The molecule has 2 aromatic rings. The van der Waals surface area contributed by atoms with Crippen LogP contribution in [-0.2, 0) is 0 Å². The highest BCUT2D eigenvalue weighted by molar-refractivity contribution is 6.06. The van der Waals surface area contributed by atoms with Gasteiger partial charge in [0, 0.05) is 17.6 Å². The Kier molecular flexibility index (Phi) is 3.89. The molecule has 0 saturated carbocycles. The Bertz CT molecular complexity index is 630. The van der Waals surface area contributed by atoms with Gasteiger partial charge in [-0.05, 0) is 49.2 Å². The van der Waals surface area contributed by atoms with E-state index in [0.29, 0.717) is 17.1 Å². The fourth-order valence-electron chi connectivity index (χ4n) is 2.10. The Labute approximate surface area is 117 Å². The van der Waals surface area contributed by atoms with E-state index in [2.05, 4.69) is 10.3 Å². The predicted molar refractivity (Wildman–Crippen MR) is 79.1 cm³/mol. The summed E-state index contributed by atoms with van der Waals surface area (Å²) in [6.45, 7) is 3.80. The lowest BCUT2D eigenvalue weighted by Crippen LogP contribution is -2.15. The van der Waals surface area contributed by atoms with Gasteiger partial charge in [0.1, 0.15) is 5.56 Å². The van der Waals surface area contributed by atoms with E-state index in [0.717, 1.165) is 16.8 Å². The molecule has 0 spiro atoms. The molecule has 1 aromatic carbocycles. The molecule has 0 atom stereocenters. The maximum absolute atomic E-state index is 12.3. The van der Waals surface area contributed by atoms with E-state index in [-0.39, 0.29) is 5.91 Å². The minimum atomic E-state index is -0.258. The van der Waals surface area contributed by atoms with Gasteiger partial charge in [-0.2, -0.15) is 0 Å². The predicted octanol–water partition coefficient (Wildman–Crippen LogP) is 2.54. The molecule has 0 bridgehead atoms. The molecular weight excluding hydrogens is 254 g/mol. The molecule has 2 rings (SSSR count). The van der Waals surface area contributed by atoms with Crippen molar-refractivity contribution in [1.82, 2.24) is 4.98 Å². The third-order valence-electron chi connectivity index (χ3n) is 3.00. The number of hydrogen-bond acceptors (Lipinski definition) is 4. The highest BCUT2D eigenvalue weighted by Gasteiger charge is 2.15. The molecule has 3 N–H and O–H groups in total. The lowest BCUT2D eigenvalue weighted by molar-refractivity contribution is 0.102. The molecule has 0 unspecified atom stereocenters. The number of anilines is 2. The average molecular weight is 271 g/mol. The Morgan fingerprint density at radius 3 is 2.55 bits per heavy atom. The van der Waals surface area contributed by atoms with Gasteiger partial charge < -0.3 is 15.8 Å². The third kappa shape index (κ3) is 2.71. The molecule has 0 saturated heterocycles. The second-order valence-electron chi connectivity index (χ2n) is 4.54. The number of carbonyl (C=O) groups is 1. The van der Waals surface area contributed by atoms with Crippen molar-refractivity contribution in [1.29, 1.82) is 0 Å². The van der Waals surface area contributed by atoms with Crippen LogP contribution in [0.15, 0.2) is 30.5 Å². The van der Waals surface area contributed by atoms with Crippen LogP contribution in [-0.4, -0.2) is 18.0 Å². The van der Waals surface area contributed by atoms with Crippen LogP contribution in [0, 0.1) is 13.8 Å². The number of rotatable bonds is 3.